The molecule has 0 aromatic heterocycles. The number of nitrogens with zero attached hydrogens (tertiary/aromatic N) is 2. The lowest BCUT2D eigenvalue weighted by atomic mass is 9.33. The SMILES string of the molecule is CC(C)(C)c1cccc(-c2cc(C(C)(C)C)ccc2N2c3cc(C(C)(C)C)ccc3B3c4cc5c(cc4N(c4ccc6c(c4)C(C)(C)CCC6(C)C)c4cc(C(C)(C)C)cc2c43)C(C)(C)CCC5(C)C)c1. The van der Waals surface area contributed by atoms with Crippen molar-refractivity contribution >= 4 is 57.2 Å². The maximum absolute atomic E-state index is 2.74. The maximum atomic E-state index is 2.74. The highest BCUT2D eigenvalue weighted by molar-refractivity contribution is 7.00. The van der Waals surface area contributed by atoms with Gasteiger partial charge in [-0.1, -0.05) is 193 Å². The minimum absolute atomic E-state index is 0.00590. The summed E-state index contributed by atoms with van der Waals surface area (Å²) in [4.78, 5) is 5.45. The molecule has 0 unspecified atom stereocenters. The molecule has 0 radical (unpaired) electrons. The fourth-order valence-electron chi connectivity index (χ4n) is 12.8. The average Bonchev–Trinajstić information content (AvgIpc) is 3.27. The molecule has 2 nitrogen and oxygen atoms in total. The van der Waals surface area contributed by atoms with Gasteiger partial charge in [0.1, 0.15) is 0 Å². The van der Waals surface area contributed by atoms with Crippen LogP contribution in [0.3, 0.4) is 0 Å². The average molecular weight is 941 g/mol. The smallest absolute Gasteiger partial charge is 0.252 e. The Balaban J connectivity index is 1.37. The number of hydrogen-bond donors (Lipinski definition) is 0. The standard InChI is InChI=1S/C68H85BN2/c1-61(2,3)43-23-21-22-42(34-43)48-35-44(62(4,5)6)25-29-55(48)71-56-36-45(63(7,8)9)24-28-53(56)69-54-40-51-52(68(19,20)33-32-67(51,17)18)41-57(54)70(58-37-46(64(10,11)12)38-59(71)60(58)69)47-26-27-49-50(39-47)66(15,16)31-30-65(49,13)14/h21-29,34-41H,30-33H2,1-20H3. The maximum Gasteiger partial charge on any atom is 0.252 e. The Morgan fingerprint density at radius 1 is 0.366 bits per heavy atom. The Labute approximate surface area is 431 Å². The minimum atomic E-state index is -0.129. The first-order valence-electron chi connectivity index (χ1n) is 27.2. The number of fused-ring (bicyclic) bond motifs is 6. The summed E-state index contributed by atoms with van der Waals surface area (Å²) in [5.74, 6) is 0. The summed E-state index contributed by atoms with van der Waals surface area (Å²) in [7, 11) is 0. The summed E-state index contributed by atoms with van der Waals surface area (Å²) < 4.78 is 0. The zero-order chi connectivity index (χ0) is 51.6. The van der Waals surface area contributed by atoms with Crippen LogP contribution in [0.5, 0.6) is 0 Å². The second-order valence-electron chi connectivity index (χ2n) is 29.3. The van der Waals surface area contributed by atoms with E-state index in [4.69, 9.17) is 0 Å². The van der Waals surface area contributed by atoms with Gasteiger partial charge in [0.2, 0.25) is 0 Å². The first-order chi connectivity index (χ1) is 32.7. The van der Waals surface area contributed by atoms with Crippen LogP contribution in [0.25, 0.3) is 11.1 Å². The third-order valence-corrected chi connectivity index (χ3v) is 18.0. The van der Waals surface area contributed by atoms with E-state index in [1.54, 1.807) is 0 Å². The van der Waals surface area contributed by atoms with Crippen LogP contribution in [0.2, 0.25) is 0 Å². The molecule has 71 heavy (non-hydrogen) atoms. The summed E-state index contributed by atoms with van der Waals surface area (Å²) in [5, 5.41) is 0. The Hall–Kier alpha value is -5.02. The summed E-state index contributed by atoms with van der Waals surface area (Å²) in [5.41, 5.74) is 26.0. The molecule has 2 aliphatic carbocycles. The molecule has 4 aliphatic rings. The highest BCUT2D eigenvalue weighted by Gasteiger charge is 2.48. The van der Waals surface area contributed by atoms with Gasteiger partial charge in [0.05, 0.1) is 5.69 Å². The van der Waals surface area contributed by atoms with Gasteiger partial charge in [-0.15, -0.1) is 0 Å². The van der Waals surface area contributed by atoms with Crippen LogP contribution in [0.15, 0.2) is 103 Å². The molecule has 3 heteroatoms. The normalized spacial score (nSPS) is 18.6. The van der Waals surface area contributed by atoms with Crippen LogP contribution in [0.4, 0.5) is 34.1 Å². The lowest BCUT2D eigenvalue weighted by Gasteiger charge is -2.48. The van der Waals surface area contributed by atoms with E-state index in [2.05, 4.69) is 251 Å². The summed E-state index contributed by atoms with van der Waals surface area (Å²) in [6.07, 6.45) is 4.73. The fourth-order valence-corrected chi connectivity index (χ4v) is 12.8. The van der Waals surface area contributed by atoms with E-state index in [1.165, 1.54) is 132 Å². The summed E-state index contributed by atoms with van der Waals surface area (Å²) >= 11 is 0. The Morgan fingerprint density at radius 2 is 0.831 bits per heavy atom. The Kier molecular flexibility index (Phi) is 11.0. The molecule has 0 amide bonds. The molecule has 0 saturated carbocycles. The second kappa shape index (κ2) is 15.7. The summed E-state index contributed by atoms with van der Waals surface area (Å²) in [6, 6.07) is 42.5. The highest BCUT2D eigenvalue weighted by Crippen LogP contribution is 2.54. The first kappa shape index (κ1) is 49.6. The third-order valence-electron chi connectivity index (χ3n) is 18.0. The summed E-state index contributed by atoms with van der Waals surface area (Å²) in [6.45, 7) is 48.3. The van der Waals surface area contributed by atoms with E-state index < -0.39 is 0 Å². The Morgan fingerprint density at radius 3 is 1.41 bits per heavy atom. The third kappa shape index (κ3) is 8.14. The van der Waals surface area contributed by atoms with Gasteiger partial charge in [-0.05, 0) is 184 Å². The lowest BCUT2D eigenvalue weighted by molar-refractivity contribution is 0.332. The van der Waals surface area contributed by atoms with Crippen molar-refractivity contribution in [3.05, 3.63) is 148 Å². The molecule has 10 rings (SSSR count). The predicted octanol–water partition coefficient (Wildman–Crippen LogP) is 17.3. The van der Waals surface area contributed by atoms with Crippen LogP contribution in [-0.2, 0) is 43.3 Å². The monoisotopic (exact) mass is 941 g/mol. The molecular formula is C68H85BN2. The molecule has 0 bridgehead atoms. The number of anilines is 6. The van der Waals surface area contributed by atoms with Crippen LogP contribution >= 0.6 is 0 Å². The topological polar surface area (TPSA) is 6.48 Å². The van der Waals surface area contributed by atoms with Gasteiger partial charge in [0, 0.05) is 34.0 Å². The van der Waals surface area contributed by atoms with Gasteiger partial charge in [-0.2, -0.15) is 0 Å². The van der Waals surface area contributed by atoms with Crippen molar-refractivity contribution in [1.82, 2.24) is 0 Å². The fraction of sp³-hybridized carbons (Fsp3) is 0.471. The van der Waals surface area contributed by atoms with E-state index in [-0.39, 0.29) is 50.0 Å². The van der Waals surface area contributed by atoms with Crippen LogP contribution < -0.4 is 26.2 Å². The van der Waals surface area contributed by atoms with Crippen LogP contribution in [-0.4, -0.2) is 6.71 Å². The van der Waals surface area contributed by atoms with Gasteiger partial charge in [-0.3, -0.25) is 0 Å². The molecule has 370 valence electrons. The van der Waals surface area contributed by atoms with Crippen LogP contribution in [0.1, 0.15) is 209 Å². The van der Waals surface area contributed by atoms with Crippen molar-refractivity contribution in [3.63, 3.8) is 0 Å². The van der Waals surface area contributed by atoms with Gasteiger partial charge in [0.25, 0.3) is 6.71 Å². The molecular weight excluding hydrogens is 856 g/mol. The largest absolute Gasteiger partial charge is 0.311 e. The molecule has 0 saturated heterocycles. The van der Waals surface area contributed by atoms with Crippen molar-refractivity contribution in [2.45, 2.75) is 207 Å². The van der Waals surface area contributed by atoms with Gasteiger partial charge in [0.15, 0.2) is 0 Å². The van der Waals surface area contributed by atoms with E-state index >= 15 is 0 Å². The number of rotatable bonds is 3. The lowest BCUT2D eigenvalue weighted by Crippen LogP contribution is -2.62. The molecule has 6 aromatic carbocycles. The molecule has 0 fully saturated rings. The molecule has 2 aliphatic heterocycles. The molecule has 0 atom stereocenters. The zero-order valence-electron chi connectivity index (χ0n) is 47.6. The van der Waals surface area contributed by atoms with E-state index in [9.17, 15) is 0 Å². The highest BCUT2D eigenvalue weighted by atomic mass is 15.2. The second-order valence-corrected chi connectivity index (χ2v) is 29.3. The quantitative estimate of drug-likeness (QED) is 0.163. The van der Waals surface area contributed by atoms with Crippen molar-refractivity contribution in [2.75, 3.05) is 9.80 Å². The van der Waals surface area contributed by atoms with Gasteiger partial charge < -0.3 is 9.80 Å². The number of benzene rings is 6. The molecule has 6 aromatic rings. The van der Waals surface area contributed by atoms with Crippen molar-refractivity contribution in [1.29, 1.82) is 0 Å². The van der Waals surface area contributed by atoms with Crippen molar-refractivity contribution in [3.8, 4) is 11.1 Å². The molecule has 0 spiro atoms. The minimum Gasteiger partial charge on any atom is -0.311 e. The molecule has 2 heterocycles. The van der Waals surface area contributed by atoms with Crippen molar-refractivity contribution < 1.29 is 0 Å². The Bertz CT molecular complexity index is 3140. The van der Waals surface area contributed by atoms with E-state index in [1.807, 2.05) is 0 Å². The predicted molar refractivity (Wildman–Crippen MR) is 311 cm³/mol. The molecule has 0 N–H and O–H groups in total. The number of hydrogen-bond acceptors (Lipinski definition) is 2. The van der Waals surface area contributed by atoms with E-state index in [0.717, 1.165) is 0 Å². The zero-order valence-corrected chi connectivity index (χ0v) is 47.6. The van der Waals surface area contributed by atoms with E-state index in [0.29, 0.717) is 0 Å². The van der Waals surface area contributed by atoms with Gasteiger partial charge in [-0.25, -0.2) is 0 Å². The van der Waals surface area contributed by atoms with Crippen molar-refractivity contribution in [2.24, 2.45) is 0 Å². The van der Waals surface area contributed by atoms with Crippen LogP contribution in [0, 0.1) is 0 Å². The van der Waals surface area contributed by atoms with Gasteiger partial charge >= 0.3 is 0 Å². The first-order valence-corrected chi connectivity index (χ1v) is 27.2.